The van der Waals surface area contributed by atoms with Gasteiger partial charge in [-0.25, -0.2) is 4.68 Å². The standard InChI is InChI=1S/C35H35N5O4S/c1-23-31(22-45-35-37-38-39-40(35)2)43-34(44-32(23)26-14-12-24(21-41)13-15-26)28-18-16-25(17-19-28)30-11-7-6-10-29(30)20-36-33(42)27-8-4-3-5-9-27/h3-19,23,31-32,34,41H,20-22H2,1-2H3,(H,36,42)/t23-,31+,32+,34+/m1/s1. The third-order valence-electron chi connectivity index (χ3n) is 8.07. The molecule has 1 aromatic heterocycles. The molecule has 230 valence electrons. The van der Waals surface area contributed by atoms with Crippen LogP contribution in [0.15, 0.2) is 108 Å². The molecular weight excluding hydrogens is 586 g/mol. The first kappa shape index (κ1) is 30.7. The van der Waals surface area contributed by atoms with E-state index in [0.29, 0.717) is 17.9 Å². The first-order valence-corrected chi connectivity index (χ1v) is 15.9. The molecular formula is C35H35N5O4S. The van der Waals surface area contributed by atoms with Gasteiger partial charge in [0.2, 0.25) is 5.16 Å². The number of thioether (sulfide) groups is 1. The van der Waals surface area contributed by atoms with Gasteiger partial charge in [-0.15, -0.1) is 5.10 Å². The molecule has 1 aliphatic heterocycles. The number of nitrogens with zero attached hydrogens (tertiary/aromatic N) is 4. The molecule has 4 aromatic carbocycles. The molecule has 0 saturated carbocycles. The van der Waals surface area contributed by atoms with Crippen LogP contribution in [-0.2, 0) is 29.7 Å². The van der Waals surface area contributed by atoms with E-state index in [0.717, 1.165) is 38.5 Å². The van der Waals surface area contributed by atoms with E-state index in [1.54, 1.807) is 28.6 Å². The highest BCUT2D eigenvalue weighted by molar-refractivity contribution is 7.99. The molecule has 5 aromatic rings. The van der Waals surface area contributed by atoms with Crippen molar-refractivity contribution < 1.29 is 19.4 Å². The maximum Gasteiger partial charge on any atom is 0.251 e. The van der Waals surface area contributed by atoms with Crippen molar-refractivity contribution in [3.05, 3.63) is 131 Å². The van der Waals surface area contributed by atoms with E-state index in [2.05, 4.69) is 46.0 Å². The monoisotopic (exact) mass is 621 g/mol. The van der Waals surface area contributed by atoms with Gasteiger partial charge in [0.05, 0.1) is 18.8 Å². The van der Waals surface area contributed by atoms with Crippen LogP contribution in [0.2, 0.25) is 0 Å². The summed E-state index contributed by atoms with van der Waals surface area (Å²) in [6.07, 6.45) is -0.934. The summed E-state index contributed by atoms with van der Waals surface area (Å²) in [6.45, 7) is 2.54. The predicted octanol–water partition coefficient (Wildman–Crippen LogP) is 5.88. The van der Waals surface area contributed by atoms with Crippen LogP contribution in [0.5, 0.6) is 0 Å². The Hall–Kier alpha value is -4.35. The van der Waals surface area contributed by atoms with Crippen molar-refractivity contribution in [2.24, 2.45) is 13.0 Å². The van der Waals surface area contributed by atoms with Crippen LogP contribution in [0.1, 0.15) is 51.9 Å². The molecule has 1 amide bonds. The minimum absolute atomic E-state index is 0.00698. The molecule has 0 aliphatic carbocycles. The molecule has 6 rings (SSSR count). The van der Waals surface area contributed by atoms with Gasteiger partial charge in [0, 0.05) is 36.4 Å². The largest absolute Gasteiger partial charge is 0.392 e. The second-order valence-electron chi connectivity index (χ2n) is 11.0. The number of aromatic nitrogens is 4. The Morgan fingerprint density at radius 1 is 0.911 bits per heavy atom. The number of tetrazole rings is 1. The van der Waals surface area contributed by atoms with Gasteiger partial charge in [0.1, 0.15) is 0 Å². The van der Waals surface area contributed by atoms with Gasteiger partial charge in [0.25, 0.3) is 5.91 Å². The predicted molar refractivity (Wildman–Crippen MR) is 172 cm³/mol. The molecule has 0 spiro atoms. The van der Waals surface area contributed by atoms with Gasteiger partial charge < -0.3 is 19.9 Å². The number of aliphatic hydroxyl groups is 1. The Labute approximate surface area is 266 Å². The van der Waals surface area contributed by atoms with E-state index >= 15 is 0 Å². The highest BCUT2D eigenvalue weighted by Crippen LogP contribution is 2.43. The number of aryl methyl sites for hydroxylation is 1. The average molecular weight is 622 g/mol. The molecule has 1 fully saturated rings. The Morgan fingerprint density at radius 2 is 1.62 bits per heavy atom. The SMILES string of the molecule is C[C@@H]1[C@H](CSc2nnnn2C)O[C@H](c2ccc(-c3ccccc3CNC(=O)c3ccccc3)cc2)O[C@@H]1c1ccc(CO)cc1. The lowest BCUT2D eigenvalue weighted by Crippen LogP contribution is -2.38. The summed E-state index contributed by atoms with van der Waals surface area (Å²) < 4.78 is 14.9. The second kappa shape index (κ2) is 14.2. The number of carbonyl (C=O) groups excluding carboxylic acids is 1. The highest BCUT2D eigenvalue weighted by Gasteiger charge is 2.38. The quantitative estimate of drug-likeness (QED) is 0.186. The van der Waals surface area contributed by atoms with Crippen molar-refractivity contribution in [2.45, 2.75) is 43.7 Å². The number of aliphatic hydroxyl groups excluding tert-OH is 1. The van der Waals surface area contributed by atoms with Gasteiger partial charge in [-0.1, -0.05) is 110 Å². The average Bonchev–Trinajstić information content (AvgIpc) is 3.51. The van der Waals surface area contributed by atoms with Crippen LogP contribution in [0, 0.1) is 5.92 Å². The lowest BCUT2D eigenvalue weighted by atomic mass is 9.91. The molecule has 45 heavy (non-hydrogen) atoms. The maximum atomic E-state index is 12.7. The zero-order valence-electron chi connectivity index (χ0n) is 25.1. The third kappa shape index (κ3) is 7.15. The number of hydrogen-bond acceptors (Lipinski definition) is 8. The number of amides is 1. The van der Waals surface area contributed by atoms with Crippen molar-refractivity contribution >= 4 is 17.7 Å². The van der Waals surface area contributed by atoms with Crippen molar-refractivity contribution in [3.8, 4) is 11.1 Å². The van der Waals surface area contributed by atoms with Gasteiger partial charge >= 0.3 is 0 Å². The van der Waals surface area contributed by atoms with Crippen LogP contribution >= 0.6 is 11.8 Å². The Morgan fingerprint density at radius 3 is 2.33 bits per heavy atom. The van der Waals surface area contributed by atoms with E-state index in [9.17, 15) is 9.90 Å². The molecule has 9 nitrogen and oxygen atoms in total. The van der Waals surface area contributed by atoms with Gasteiger partial charge in [0.15, 0.2) is 6.29 Å². The van der Waals surface area contributed by atoms with Crippen LogP contribution < -0.4 is 5.32 Å². The van der Waals surface area contributed by atoms with E-state index < -0.39 is 6.29 Å². The summed E-state index contributed by atoms with van der Waals surface area (Å²) in [7, 11) is 1.82. The molecule has 2 heterocycles. The Kier molecular flexibility index (Phi) is 9.66. The van der Waals surface area contributed by atoms with Crippen LogP contribution in [0.4, 0.5) is 0 Å². The summed E-state index contributed by atoms with van der Waals surface area (Å²) in [5, 5.41) is 25.1. The third-order valence-corrected chi connectivity index (χ3v) is 9.17. The number of ether oxygens (including phenoxy) is 2. The molecule has 2 N–H and O–H groups in total. The van der Waals surface area contributed by atoms with Crippen molar-refractivity contribution in [3.63, 3.8) is 0 Å². The molecule has 4 atom stereocenters. The fourth-order valence-corrected chi connectivity index (χ4v) is 6.47. The van der Waals surface area contributed by atoms with Gasteiger partial charge in [-0.3, -0.25) is 4.79 Å². The topological polar surface area (TPSA) is 111 Å². The lowest BCUT2D eigenvalue weighted by molar-refractivity contribution is -0.268. The van der Waals surface area contributed by atoms with Crippen LogP contribution in [0.25, 0.3) is 11.1 Å². The summed E-state index contributed by atoms with van der Waals surface area (Å²) >= 11 is 1.55. The number of hydrogen-bond donors (Lipinski definition) is 2. The van der Waals surface area contributed by atoms with Crippen molar-refractivity contribution in [1.29, 1.82) is 0 Å². The number of nitrogens with one attached hydrogen (secondary N) is 1. The Balaban J connectivity index is 1.21. The summed E-state index contributed by atoms with van der Waals surface area (Å²) in [5.41, 5.74) is 6.53. The van der Waals surface area contributed by atoms with E-state index in [-0.39, 0.29) is 30.6 Å². The van der Waals surface area contributed by atoms with Crippen molar-refractivity contribution in [2.75, 3.05) is 5.75 Å². The minimum Gasteiger partial charge on any atom is -0.392 e. The molecule has 0 bridgehead atoms. The first-order valence-electron chi connectivity index (χ1n) is 14.9. The number of benzene rings is 4. The molecule has 1 aliphatic rings. The van der Waals surface area contributed by atoms with Crippen molar-refractivity contribution in [1.82, 2.24) is 25.5 Å². The number of carbonyl (C=O) groups is 1. The normalized spacial score (nSPS) is 19.7. The first-order chi connectivity index (χ1) is 22.0. The minimum atomic E-state index is -0.582. The van der Waals surface area contributed by atoms with Crippen LogP contribution in [-0.4, -0.2) is 43.1 Å². The van der Waals surface area contributed by atoms with Crippen LogP contribution in [0.3, 0.4) is 0 Å². The number of rotatable bonds is 10. The van der Waals surface area contributed by atoms with Gasteiger partial charge in [-0.05, 0) is 50.4 Å². The molecule has 0 radical (unpaired) electrons. The Bertz CT molecular complexity index is 1710. The fourth-order valence-electron chi connectivity index (χ4n) is 5.45. The summed E-state index contributed by atoms with van der Waals surface area (Å²) in [5.74, 6) is 0.595. The fraction of sp³-hybridized carbons (Fsp3) is 0.257. The summed E-state index contributed by atoms with van der Waals surface area (Å²) in [6, 6.07) is 33.4. The molecule has 1 saturated heterocycles. The van der Waals surface area contributed by atoms with E-state index in [1.807, 2.05) is 79.8 Å². The lowest BCUT2D eigenvalue weighted by Gasteiger charge is -2.41. The zero-order valence-corrected chi connectivity index (χ0v) is 25.9. The maximum absolute atomic E-state index is 12.7. The molecule has 10 heteroatoms. The smallest absolute Gasteiger partial charge is 0.251 e. The van der Waals surface area contributed by atoms with E-state index in [4.69, 9.17) is 9.47 Å². The van der Waals surface area contributed by atoms with Gasteiger partial charge in [-0.2, -0.15) is 0 Å². The summed E-state index contributed by atoms with van der Waals surface area (Å²) in [4.78, 5) is 12.7. The highest BCUT2D eigenvalue weighted by atomic mass is 32.2. The van der Waals surface area contributed by atoms with E-state index in [1.165, 1.54) is 0 Å². The molecule has 0 unspecified atom stereocenters. The second-order valence-corrected chi connectivity index (χ2v) is 12.0. The zero-order chi connectivity index (χ0) is 31.2.